The Balaban J connectivity index is 1.94. The molecule has 0 radical (unpaired) electrons. The highest BCUT2D eigenvalue weighted by molar-refractivity contribution is 5.56. The van der Waals surface area contributed by atoms with Crippen molar-refractivity contribution in [2.75, 3.05) is 31.7 Å². The Morgan fingerprint density at radius 1 is 1.41 bits per heavy atom. The van der Waals surface area contributed by atoms with Crippen LogP contribution in [0.5, 0.6) is 5.75 Å². The van der Waals surface area contributed by atoms with Crippen molar-refractivity contribution in [1.29, 1.82) is 0 Å². The molecule has 1 aliphatic heterocycles. The maximum absolute atomic E-state index is 9.28. The molecule has 1 aliphatic rings. The predicted molar refractivity (Wildman–Crippen MR) is 63.3 cm³/mol. The van der Waals surface area contributed by atoms with Gasteiger partial charge in [0.1, 0.15) is 11.9 Å². The highest BCUT2D eigenvalue weighted by atomic mass is 16.6. The van der Waals surface area contributed by atoms with Gasteiger partial charge in [-0.3, -0.25) is 0 Å². The third-order valence-electron chi connectivity index (χ3n) is 2.53. The van der Waals surface area contributed by atoms with Crippen molar-refractivity contribution in [3.63, 3.8) is 0 Å². The van der Waals surface area contributed by atoms with Crippen LogP contribution in [0.4, 0.5) is 5.69 Å². The molecule has 1 aromatic rings. The molecule has 1 heterocycles. The number of aliphatic hydroxyl groups excluding tert-OH is 2. The van der Waals surface area contributed by atoms with Crippen LogP contribution in [-0.4, -0.2) is 48.8 Å². The van der Waals surface area contributed by atoms with Crippen LogP contribution in [0.3, 0.4) is 0 Å². The summed E-state index contributed by atoms with van der Waals surface area (Å²) in [5.74, 6) is 0.742. The second-order valence-electron chi connectivity index (χ2n) is 3.99. The quantitative estimate of drug-likeness (QED) is 0.663. The summed E-state index contributed by atoms with van der Waals surface area (Å²) in [5.41, 5.74) is 0.812. The first-order valence-corrected chi connectivity index (χ1v) is 5.66. The van der Waals surface area contributed by atoms with Crippen molar-refractivity contribution in [3.8, 4) is 5.75 Å². The van der Waals surface area contributed by atoms with Crippen LogP contribution in [0.2, 0.25) is 0 Å². The normalized spacial score (nSPS) is 17.3. The van der Waals surface area contributed by atoms with E-state index in [0.717, 1.165) is 11.4 Å². The molecule has 0 spiro atoms. The number of para-hydroxylation sites is 2. The number of benzene rings is 1. The first-order valence-electron chi connectivity index (χ1n) is 5.66. The van der Waals surface area contributed by atoms with Gasteiger partial charge in [-0.05, 0) is 12.1 Å². The Morgan fingerprint density at radius 3 is 2.82 bits per heavy atom. The molecule has 1 aromatic carbocycles. The van der Waals surface area contributed by atoms with Gasteiger partial charge in [-0.25, -0.2) is 0 Å². The molecule has 0 amide bonds. The van der Waals surface area contributed by atoms with Gasteiger partial charge in [0, 0.05) is 6.54 Å². The van der Waals surface area contributed by atoms with Gasteiger partial charge in [0.25, 0.3) is 0 Å². The molecule has 94 valence electrons. The molecule has 1 atom stereocenters. The van der Waals surface area contributed by atoms with E-state index >= 15 is 0 Å². The summed E-state index contributed by atoms with van der Waals surface area (Å²) >= 11 is 0. The number of hydrogen-bond donors (Lipinski definition) is 3. The number of rotatable bonds is 6. The Hall–Kier alpha value is -1.30. The number of nitrogens with one attached hydrogen (secondary N) is 1. The van der Waals surface area contributed by atoms with Crippen LogP contribution in [0.1, 0.15) is 0 Å². The first-order chi connectivity index (χ1) is 8.29. The van der Waals surface area contributed by atoms with Crippen molar-refractivity contribution in [2.24, 2.45) is 0 Å². The zero-order valence-electron chi connectivity index (χ0n) is 9.50. The number of hydrogen-bond acceptors (Lipinski definition) is 5. The fourth-order valence-electron chi connectivity index (χ4n) is 1.47. The lowest BCUT2D eigenvalue weighted by Crippen LogP contribution is -2.38. The smallest absolute Gasteiger partial charge is 0.145 e. The molecule has 5 nitrogen and oxygen atoms in total. The topological polar surface area (TPSA) is 71.0 Å². The Morgan fingerprint density at radius 2 is 2.18 bits per heavy atom. The van der Waals surface area contributed by atoms with Crippen molar-refractivity contribution in [2.45, 2.75) is 12.2 Å². The average molecular weight is 239 g/mol. The summed E-state index contributed by atoms with van der Waals surface area (Å²) in [5, 5.41) is 21.1. The maximum atomic E-state index is 9.28. The van der Waals surface area contributed by atoms with Gasteiger partial charge < -0.3 is 25.0 Å². The lowest BCUT2D eigenvalue weighted by atomic mass is 10.2. The molecule has 0 aliphatic carbocycles. The van der Waals surface area contributed by atoms with Crippen LogP contribution in [-0.2, 0) is 4.74 Å². The zero-order chi connectivity index (χ0) is 12.1. The average Bonchev–Trinajstić information content (AvgIpc) is 2.32. The molecule has 5 heteroatoms. The maximum Gasteiger partial charge on any atom is 0.145 e. The van der Waals surface area contributed by atoms with Crippen molar-refractivity contribution < 1.29 is 19.7 Å². The van der Waals surface area contributed by atoms with E-state index in [1.807, 2.05) is 24.3 Å². The summed E-state index contributed by atoms with van der Waals surface area (Å²) in [6, 6.07) is 7.52. The molecule has 0 saturated carbocycles. The molecule has 17 heavy (non-hydrogen) atoms. The molecular formula is C12H17NO4. The molecular weight excluding hydrogens is 222 g/mol. The first kappa shape index (κ1) is 12.2. The van der Waals surface area contributed by atoms with E-state index in [2.05, 4.69) is 5.32 Å². The number of ether oxygens (including phenoxy) is 2. The Labute approximate surface area is 100.0 Å². The highest BCUT2D eigenvalue weighted by Gasteiger charge is 2.21. The van der Waals surface area contributed by atoms with Crippen LogP contribution in [0.25, 0.3) is 0 Å². The minimum absolute atomic E-state index is 0.112. The van der Waals surface area contributed by atoms with E-state index in [-0.39, 0.29) is 19.3 Å². The van der Waals surface area contributed by atoms with Crippen LogP contribution in [0, 0.1) is 0 Å². The van der Waals surface area contributed by atoms with Crippen LogP contribution >= 0.6 is 0 Å². The highest BCUT2D eigenvalue weighted by Crippen LogP contribution is 2.26. The SMILES string of the molecule is OCC(O)CNc1ccccc1OC1COC1. The lowest BCUT2D eigenvalue weighted by Gasteiger charge is -2.27. The van der Waals surface area contributed by atoms with E-state index in [1.54, 1.807) is 0 Å². The molecule has 1 unspecified atom stereocenters. The van der Waals surface area contributed by atoms with E-state index in [4.69, 9.17) is 14.6 Å². The monoisotopic (exact) mass is 239 g/mol. The second kappa shape index (κ2) is 5.86. The third kappa shape index (κ3) is 3.33. The lowest BCUT2D eigenvalue weighted by molar-refractivity contribution is -0.0794. The van der Waals surface area contributed by atoms with Crippen molar-refractivity contribution in [3.05, 3.63) is 24.3 Å². The Kier molecular flexibility index (Phi) is 4.19. The van der Waals surface area contributed by atoms with Gasteiger partial charge in [0.15, 0.2) is 0 Å². The van der Waals surface area contributed by atoms with Crippen LogP contribution < -0.4 is 10.1 Å². The molecule has 0 aromatic heterocycles. The summed E-state index contributed by atoms with van der Waals surface area (Å²) < 4.78 is 10.8. The molecule has 2 rings (SSSR count). The minimum atomic E-state index is -0.768. The Bertz CT molecular complexity index is 354. The molecule has 1 fully saturated rings. The molecule has 3 N–H and O–H groups in total. The minimum Gasteiger partial charge on any atom is -0.483 e. The summed E-state index contributed by atoms with van der Waals surface area (Å²) in [6.45, 7) is 1.27. The summed E-state index contributed by atoms with van der Waals surface area (Å²) in [7, 11) is 0. The van der Waals surface area contributed by atoms with Gasteiger partial charge in [-0.15, -0.1) is 0 Å². The molecule has 1 saturated heterocycles. The van der Waals surface area contributed by atoms with Gasteiger partial charge in [0.2, 0.25) is 0 Å². The van der Waals surface area contributed by atoms with E-state index in [9.17, 15) is 5.11 Å². The fourth-order valence-corrected chi connectivity index (χ4v) is 1.47. The van der Waals surface area contributed by atoms with Crippen molar-refractivity contribution >= 4 is 5.69 Å². The van der Waals surface area contributed by atoms with Gasteiger partial charge in [-0.2, -0.15) is 0 Å². The van der Waals surface area contributed by atoms with E-state index < -0.39 is 6.10 Å². The predicted octanol–water partition coefficient (Wildman–Crippen LogP) is 0.229. The molecule has 0 bridgehead atoms. The summed E-state index contributed by atoms with van der Waals surface area (Å²) in [6.07, 6.45) is -0.657. The standard InChI is InChI=1S/C12H17NO4/c14-6-9(15)5-13-11-3-1-2-4-12(11)17-10-7-16-8-10/h1-4,9-10,13-15H,5-8H2. The summed E-state index contributed by atoms with van der Waals surface area (Å²) in [4.78, 5) is 0. The van der Waals surface area contributed by atoms with Crippen LogP contribution in [0.15, 0.2) is 24.3 Å². The second-order valence-corrected chi connectivity index (χ2v) is 3.99. The number of anilines is 1. The van der Waals surface area contributed by atoms with Gasteiger partial charge >= 0.3 is 0 Å². The third-order valence-corrected chi connectivity index (χ3v) is 2.53. The van der Waals surface area contributed by atoms with Crippen molar-refractivity contribution in [1.82, 2.24) is 0 Å². The van der Waals surface area contributed by atoms with Gasteiger partial charge in [0.05, 0.1) is 31.6 Å². The zero-order valence-corrected chi connectivity index (χ0v) is 9.50. The number of aliphatic hydroxyl groups is 2. The fraction of sp³-hybridized carbons (Fsp3) is 0.500. The van der Waals surface area contributed by atoms with E-state index in [0.29, 0.717) is 13.2 Å². The van der Waals surface area contributed by atoms with Gasteiger partial charge in [-0.1, -0.05) is 12.1 Å². The van der Waals surface area contributed by atoms with E-state index in [1.165, 1.54) is 0 Å². The largest absolute Gasteiger partial charge is 0.483 e.